The molecule has 0 aromatic heterocycles. The molecule has 0 amide bonds. The average molecular weight is 241 g/mol. The van der Waals surface area contributed by atoms with Crippen molar-refractivity contribution >= 4 is 5.69 Å². The number of nitrogen functional groups attached to an aromatic ring is 1. The molecule has 0 aliphatic carbocycles. The Balaban J connectivity index is 2.25. The molecule has 0 aliphatic rings. The Morgan fingerprint density at radius 3 is 2.11 bits per heavy atom. The zero-order valence-electron chi connectivity index (χ0n) is 11.1. The summed E-state index contributed by atoms with van der Waals surface area (Å²) in [5, 5.41) is 0. The van der Waals surface area contributed by atoms with Crippen molar-refractivity contribution in [3.63, 3.8) is 0 Å². The molecule has 0 bridgehead atoms. The van der Waals surface area contributed by atoms with Gasteiger partial charge >= 0.3 is 0 Å². The second kappa shape index (κ2) is 4.73. The molecule has 94 valence electrons. The van der Waals surface area contributed by atoms with Crippen LogP contribution in [0.2, 0.25) is 0 Å². The second-order valence-electron chi connectivity index (χ2n) is 5.45. The van der Waals surface area contributed by atoms with Gasteiger partial charge in [-0.3, -0.25) is 0 Å². The van der Waals surface area contributed by atoms with Crippen LogP contribution in [0.15, 0.2) is 48.5 Å². The molecule has 2 N–H and O–H groups in total. The Labute approximate surface area is 108 Å². The molecule has 2 aromatic carbocycles. The van der Waals surface area contributed by atoms with E-state index in [-0.39, 0.29) is 5.41 Å². The summed E-state index contributed by atoms with van der Waals surface area (Å²) in [6.45, 7) is 6.56. The maximum absolute atomic E-state index is 5.82. The van der Waals surface area contributed by atoms with Crippen LogP contribution in [-0.2, 0) is 5.41 Å². The maximum atomic E-state index is 5.82. The molecular formula is C16H19NO. The average Bonchev–Trinajstić information content (AvgIpc) is 2.28. The normalized spacial score (nSPS) is 11.3. The van der Waals surface area contributed by atoms with Gasteiger partial charge in [0.05, 0.1) is 0 Å². The van der Waals surface area contributed by atoms with Crippen molar-refractivity contribution in [3.05, 3.63) is 54.1 Å². The fourth-order valence-corrected chi connectivity index (χ4v) is 1.74. The second-order valence-corrected chi connectivity index (χ2v) is 5.45. The van der Waals surface area contributed by atoms with Gasteiger partial charge in [-0.1, -0.05) is 39.0 Å². The molecule has 2 nitrogen and oxygen atoms in total. The third kappa shape index (κ3) is 3.04. The topological polar surface area (TPSA) is 35.2 Å². The molecule has 2 aromatic rings. The van der Waals surface area contributed by atoms with Crippen molar-refractivity contribution < 1.29 is 4.74 Å². The summed E-state index contributed by atoms with van der Waals surface area (Å²) < 4.78 is 5.82. The molecule has 2 rings (SSSR count). The maximum Gasteiger partial charge on any atom is 0.129 e. The van der Waals surface area contributed by atoms with E-state index in [9.17, 15) is 0 Å². The lowest BCUT2D eigenvalue weighted by molar-refractivity contribution is 0.479. The lowest BCUT2D eigenvalue weighted by Crippen LogP contribution is -2.10. The molecule has 0 aliphatic heterocycles. The van der Waals surface area contributed by atoms with E-state index in [1.165, 1.54) is 5.56 Å². The largest absolute Gasteiger partial charge is 0.457 e. The van der Waals surface area contributed by atoms with Crippen LogP contribution in [0.4, 0.5) is 5.69 Å². The quantitative estimate of drug-likeness (QED) is 0.793. The van der Waals surface area contributed by atoms with Crippen LogP contribution in [0.1, 0.15) is 26.3 Å². The van der Waals surface area contributed by atoms with Crippen molar-refractivity contribution in [2.24, 2.45) is 0 Å². The Morgan fingerprint density at radius 2 is 1.50 bits per heavy atom. The zero-order valence-corrected chi connectivity index (χ0v) is 11.1. The SMILES string of the molecule is CC(C)(C)c1cccc(Oc2cccc(N)c2)c1. The third-order valence-corrected chi connectivity index (χ3v) is 2.79. The summed E-state index contributed by atoms with van der Waals surface area (Å²) in [4.78, 5) is 0. The first-order valence-electron chi connectivity index (χ1n) is 6.09. The molecule has 0 atom stereocenters. The van der Waals surface area contributed by atoms with Crippen LogP contribution in [0, 0.1) is 0 Å². The summed E-state index contributed by atoms with van der Waals surface area (Å²) in [5.41, 5.74) is 7.81. The Morgan fingerprint density at radius 1 is 0.889 bits per heavy atom. The van der Waals surface area contributed by atoms with Crippen molar-refractivity contribution in [2.45, 2.75) is 26.2 Å². The highest BCUT2D eigenvalue weighted by Crippen LogP contribution is 2.28. The van der Waals surface area contributed by atoms with Crippen LogP contribution in [-0.4, -0.2) is 0 Å². The predicted molar refractivity (Wildman–Crippen MR) is 76.1 cm³/mol. The summed E-state index contributed by atoms with van der Waals surface area (Å²) in [6.07, 6.45) is 0. The van der Waals surface area contributed by atoms with Crippen molar-refractivity contribution in [2.75, 3.05) is 5.73 Å². The fourth-order valence-electron chi connectivity index (χ4n) is 1.74. The highest BCUT2D eigenvalue weighted by atomic mass is 16.5. The van der Waals surface area contributed by atoms with Crippen LogP contribution in [0.3, 0.4) is 0 Å². The standard InChI is InChI=1S/C16H19NO/c1-16(2,3)12-6-4-8-14(10-12)18-15-9-5-7-13(17)11-15/h4-11H,17H2,1-3H3. The van der Waals surface area contributed by atoms with Crippen LogP contribution < -0.4 is 10.5 Å². The highest BCUT2D eigenvalue weighted by Gasteiger charge is 2.14. The van der Waals surface area contributed by atoms with Gasteiger partial charge in [-0.2, -0.15) is 0 Å². The van der Waals surface area contributed by atoms with Gasteiger partial charge in [0.25, 0.3) is 0 Å². The van der Waals surface area contributed by atoms with Crippen LogP contribution in [0.25, 0.3) is 0 Å². The minimum Gasteiger partial charge on any atom is -0.457 e. The molecule has 0 radical (unpaired) electrons. The number of ether oxygens (including phenoxy) is 1. The summed E-state index contributed by atoms with van der Waals surface area (Å²) in [7, 11) is 0. The third-order valence-electron chi connectivity index (χ3n) is 2.79. The van der Waals surface area contributed by atoms with E-state index < -0.39 is 0 Å². The van der Waals surface area contributed by atoms with Crippen molar-refractivity contribution in [1.82, 2.24) is 0 Å². The molecule has 0 spiro atoms. The van der Waals surface area contributed by atoms with Gasteiger partial charge in [0.1, 0.15) is 11.5 Å². The first-order chi connectivity index (χ1) is 8.45. The van der Waals surface area contributed by atoms with Gasteiger partial charge in [0.2, 0.25) is 0 Å². The van der Waals surface area contributed by atoms with E-state index in [1.807, 2.05) is 36.4 Å². The first-order valence-corrected chi connectivity index (χ1v) is 6.09. The van der Waals surface area contributed by atoms with Gasteiger partial charge in [-0.05, 0) is 35.2 Å². The summed E-state index contributed by atoms with van der Waals surface area (Å²) in [6, 6.07) is 15.6. The Bertz CT molecular complexity index is 541. The predicted octanol–water partition coefficient (Wildman–Crippen LogP) is 4.36. The van der Waals surface area contributed by atoms with E-state index in [0.29, 0.717) is 5.69 Å². The van der Waals surface area contributed by atoms with Crippen molar-refractivity contribution in [1.29, 1.82) is 0 Å². The fraction of sp³-hybridized carbons (Fsp3) is 0.250. The van der Waals surface area contributed by atoms with Gasteiger partial charge in [0, 0.05) is 11.8 Å². The number of benzene rings is 2. The van der Waals surface area contributed by atoms with Gasteiger partial charge < -0.3 is 10.5 Å². The van der Waals surface area contributed by atoms with Crippen LogP contribution in [0.5, 0.6) is 11.5 Å². The van der Waals surface area contributed by atoms with Gasteiger partial charge in [-0.15, -0.1) is 0 Å². The van der Waals surface area contributed by atoms with E-state index in [1.54, 1.807) is 0 Å². The number of rotatable bonds is 2. The number of hydrogen-bond acceptors (Lipinski definition) is 2. The monoisotopic (exact) mass is 241 g/mol. The summed E-state index contributed by atoms with van der Waals surface area (Å²) in [5.74, 6) is 1.61. The molecule has 2 heteroatoms. The van der Waals surface area contributed by atoms with Crippen molar-refractivity contribution in [3.8, 4) is 11.5 Å². The molecule has 0 saturated carbocycles. The molecule has 0 fully saturated rings. The number of anilines is 1. The molecule has 0 heterocycles. The van der Waals surface area contributed by atoms with E-state index in [2.05, 4.69) is 32.9 Å². The lowest BCUT2D eigenvalue weighted by atomic mass is 9.87. The molecule has 0 saturated heterocycles. The van der Waals surface area contributed by atoms with E-state index in [0.717, 1.165) is 11.5 Å². The Hall–Kier alpha value is -1.96. The highest BCUT2D eigenvalue weighted by molar-refractivity contribution is 5.45. The first kappa shape index (κ1) is 12.5. The summed E-state index contributed by atoms with van der Waals surface area (Å²) >= 11 is 0. The number of hydrogen-bond donors (Lipinski definition) is 1. The smallest absolute Gasteiger partial charge is 0.129 e. The zero-order chi connectivity index (χ0) is 13.2. The van der Waals surface area contributed by atoms with Gasteiger partial charge in [-0.25, -0.2) is 0 Å². The van der Waals surface area contributed by atoms with E-state index in [4.69, 9.17) is 10.5 Å². The lowest BCUT2D eigenvalue weighted by Gasteiger charge is -2.19. The number of nitrogens with two attached hydrogens (primary N) is 1. The minimum atomic E-state index is 0.120. The minimum absolute atomic E-state index is 0.120. The Kier molecular flexibility index (Phi) is 3.28. The van der Waals surface area contributed by atoms with Gasteiger partial charge in [0.15, 0.2) is 0 Å². The molecule has 0 unspecified atom stereocenters. The molecular weight excluding hydrogens is 222 g/mol. The van der Waals surface area contributed by atoms with Crippen LogP contribution >= 0.6 is 0 Å². The van der Waals surface area contributed by atoms with E-state index >= 15 is 0 Å². The molecule has 18 heavy (non-hydrogen) atoms.